The van der Waals surface area contributed by atoms with E-state index in [0.29, 0.717) is 18.1 Å². The lowest BCUT2D eigenvalue weighted by Crippen LogP contribution is -2.58. The highest BCUT2D eigenvalue weighted by molar-refractivity contribution is 5.74. The Morgan fingerprint density at radius 2 is 2.10 bits per heavy atom. The van der Waals surface area contributed by atoms with Gasteiger partial charge in [0.25, 0.3) is 0 Å². The van der Waals surface area contributed by atoms with Crippen LogP contribution in [-0.4, -0.2) is 78.0 Å². The van der Waals surface area contributed by atoms with E-state index < -0.39 is 0 Å². The summed E-state index contributed by atoms with van der Waals surface area (Å²) in [6, 6.07) is 4.63. The van der Waals surface area contributed by atoms with E-state index in [0.717, 1.165) is 62.0 Å². The highest BCUT2D eigenvalue weighted by Gasteiger charge is 2.51. The van der Waals surface area contributed by atoms with Gasteiger partial charge in [-0.3, -0.25) is 4.90 Å². The maximum absolute atomic E-state index is 11.9. The number of nitrogens with zero attached hydrogens (tertiary/aromatic N) is 5. The van der Waals surface area contributed by atoms with E-state index in [-0.39, 0.29) is 6.09 Å². The molecule has 1 aliphatic carbocycles. The number of hydrogen-bond acceptors (Lipinski definition) is 7. The molecule has 0 N–H and O–H groups in total. The minimum absolute atomic E-state index is 0.154. The quantitative estimate of drug-likeness (QED) is 0.745. The summed E-state index contributed by atoms with van der Waals surface area (Å²) in [6.45, 7) is 10.0. The third kappa shape index (κ3) is 3.78. The number of carbonyl (C=O) groups excluding carboxylic acids is 1. The summed E-state index contributed by atoms with van der Waals surface area (Å²) in [4.78, 5) is 23.5. The van der Waals surface area contributed by atoms with Crippen molar-refractivity contribution in [3.63, 3.8) is 0 Å². The van der Waals surface area contributed by atoms with Gasteiger partial charge >= 0.3 is 6.09 Å². The van der Waals surface area contributed by atoms with Crippen LogP contribution in [0.1, 0.15) is 31.7 Å². The van der Waals surface area contributed by atoms with Crippen LogP contribution in [0.5, 0.6) is 0 Å². The Morgan fingerprint density at radius 1 is 1.29 bits per heavy atom. The number of amides is 1. The van der Waals surface area contributed by atoms with Crippen LogP contribution in [0.25, 0.3) is 11.3 Å². The molecule has 0 unspecified atom stereocenters. The molecule has 2 aromatic rings. The molecule has 166 valence electrons. The molecule has 2 aromatic heterocycles. The topological polar surface area (TPSA) is 74.9 Å². The number of carbonyl (C=O) groups is 1. The standard InChI is InChI=1S/C23H31N5O3/c1-3-30-22(29)28-15-23(16-28)7-6-18(13-23)26-9-11-27(12-10-26)21-19(5-4-8-24-21)20-17(2)14-25-31-20/h4-5,8,14,18H,3,6-7,9-13,15-16H2,1-2H3/t18-/m1/s1. The molecular weight excluding hydrogens is 394 g/mol. The van der Waals surface area contributed by atoms with Crippen molar-refractivity contribution in [1.82, 2.24) is 19.9 Å². The van der Waals surface area contributed by atoms with Gasteiger partial charge in [-0.25, -0.2) is 9.78 Å². The number of aryl methyl sites for hydroxylation is 1. The summed E-state index contributed by atoms with van der Waals surface area (Å²) in [6.07, 6.45) is 7.08. The number of ether oxygens (including phenoxy) is 1. The van der Waals surface area contributed by atoms with Crippen LogP contribution in [0.15, 0.2) is 29.0 Å². The van der Waals surface area contributed by atoms with Crippen molar-refractivity contribution >= 4 is 11.9 Å². The number of aromatic nitrogens is 2. The first-order valence-corrected chi connectivity index (χ1v) is 11.4. The molecule has 3 aliphatic rings. The Bertz CT molecular complexity index is 931. The van der Waals surface area contributed by atoms with Gasteiger partial charge in [-0.1, -0.05) is 5.16 Å². The highest BCUT2D eigenvalue weighted by atomic mass is 16.6. The number of rotatable bonds is 4. The Hall–Kier alpha value is -2.61. The molecule has 5 rings (SSSR count). The summed E-state index contributed by atoms with van der Waals surface area (Å²) in [5, 5.41) is 3.94. The fourth-order valence-electron chi connectivity index (χ4n) is 5.56. The summed E-state index contributed by atoms with van der Waals surface area (Å²) >= 11 is 0. The predicted octanol–water partition coefficient (Wildman–Crippen LogP) is 3.18. The van der Waals surface area contributed by atoms with E-state index in [2.05, 4.69) is 26.0 Å². The van der Waals surface area contributed by atoms with Gasteiger partial charge in [-0.2, -0.15) is 0 Å². The lowest BCUT2D eigenvalue weighted by Gasteiger charge is -2.48. The largest absolute Gasteiger partial charge is 0.450 e. The zero-order chi connectivity index (χ0) is 21.4. The van der Waals surface area contributed by atoms with Gasteiger partial charge in [-0.15, -0.1) is 0 Å². The molecule has 0 radical (unpaired) electrons. The molecule has 2 saturated heterocycles. The molecule has 1 saturated carbocycles. The molecule has 1 amide bonds. The van der Waals surface area contributed by atoms with Crippen molar-refractivity contribution in [2.45, 2.75) is 39.2 Å². The van der Waals surface area contributed by atoms with E-state index >= 15 is 0 Å². The molecule has 1 atom stereocenters. The lowest BCUT2D eigenvalue weighted by atomic mass is 9.78. The maximum atomic E-state index is 11.9. The second kappa shape index (κ2) is 8.15. The van der Waals surface area contributed by atoms with Gasteiger partial charge in [0.1, 0.15) is 5.82 Å². The van der Waals surface area contributed by atoms with Gasteiger partial charge in [-0.05, 0) is 45.2 Å². The second-order valence-electron chi connectivity index (χ2n) is 9.19. The van der Waals surface area contributed by atoms with Crippen LogP contribution in [0.4, 0.5) is 10.6 Å². The van der Waals surface area contributed by atoms with Crippen LogP contribution < -0.4 is 4.90 Å². The molecule has 4 heterocycles. The van der Waals surface area contributed by atoms with Crippen molar-refractivity contribution in [2.24, 2.45) is 5.41 Å². The SMILES string of the molecule is CCOC(=O)N1CC2(CC[C@@H](N3CCN(c4ncccc4-c4oncc4C)CC3)C2)C1. The van der Waals surface area contributed by atoms with Crippen molar-refractivity contribution in [2.75, 3.05) is 50.8 Å². The molecule has 31 heavy (non-hydrogen) atoms. The zero-order valence-corrected chi connectivity index (χ0v) is 18.4. The Morgan fingerprint density at radius 3 is 2.81 bits per heavy atom. The number of piperazine rings is 1. The first-order valence-electron chi connectivity index (χ1n) is 11.4. The lowest BCUT2D eigenvalue weighted by molar-refractivity contribution is -0.00294. The van der Waals surface area contributed by atoms with E-state index in [9.17, 15) is 4.79 Å². The first-order chi connectivity index (χ1) is 15.1. The summed E-state index contributed by atoms with van der Waals surface area (Å²) in [5.74, 6) is 1.79. The Kier molecular flexibility index (Phi) is 5.33. The van der Waals surface area contributed by atoms with Crippen molar-refractivity contribution in [3.05, 3.63) is 30.1 Å². The fourth-order valence-corrected chi connectivity index (χ4v) is 5.56. The normalized spacial score (nSPS) is 23.2. The summed E-state index contributed by atoms with van der Waals surface area (Å²) in [5.41, 5.74) is 2.35. The van der Waals surface area contributed by atoms with E-state index in [1.807, 2.05) is 31.0 Å². The summed E-state index contributed by atoms with van der Waals surface area (Å²) in [7, 11) is 0. The van der Waals surface area contributed by atoms with Gasteiger partial charge in [0.15, 0.2) is 5.76 Å². The minimum atomic E-state index is -0.154. The Balaban J connectivity index is 1.18. The molecule has 8 nitrogen and oxygen atoms in total. The Labute approximate surface area is 183 Å². The third-order valence-electron chi connectivity index (χ3n) is 7.17. The fraction of sp³-hybridized carbons (Fsp3) is 0.609. The highest BCUT2D eigenvalue weighted by Crippen LogP contribution is 2.47. The zero-order valence-electron chi connectivity index (χ0n) is 18.4. The number of hydrogen-bond donors (Lipinski definition) is 0. The van der Waals surface area contributed by atoms with E-state index in [1.165, 1.54) is 19.3 Å². The van der Waals surface area contributed by atoms with Gasteiger partial charge in [0.05, 0.1) is 18.4 Å². The van der Waals surface area contributed by atoms with Gasteiger partial charge in [0, 0.05) is 62.5 Å². The third-order valence-corrected chi connectivity index (χ3v) is 7.17. The van der Waals surface area contributed by atoms with Crippen LogP contribution in [0.2, 0.25) is 0 Å². The van der Waals surface area contributed by atoms with E-state index in [4.69, 9.17) is 9.26 Å². The second-order valence-corrected chi connectivity index (χ2v) is 9.19. The molecule has 0 bridgehead atoms. The average molecular weight is 426 g/mol. The van der Waals surface area contributed by atoms with Crippen LogP contribution in [-0.2, 0) is 4.74 Å². The van der Waals surface area contributed by atoms with Crippen molar-refractivity contribution in [1.29, 1.82) is 0 Å². The smallest absolute Gasteiger partial charge is 0.409 e. The monoisotopic (exact) mass is 425 g/mol. The van der Waals surface area contributed by atoms with Crippen molar-refractivity contribution < 1.29 is 14.1 Å². The molecule has 3 fully saturated rings. The minimum Gasteiger partial charge on any atom is -0.450 e. The van der Waals surface area contributed by atoms with Crippen LogP contribution in [0.3, 0.4) is 0 Å². The average Bonchev–Trinajstić information content (AvgIpc) is 3.40. The number of anilines is 1. The molecule has 2 aliphatic heterocycles. The van der Waals surface area contributed by atoms with Crippen LogP contribution in [0, 0.1) is 12.3 Å². The number of likely N-dealkylation sites (tertiary alicyclic amines) is 1. The predicted molar refractivity (Wildman–Crippen MR) is 117 cm³/mol. The molecule has 0 aromatic carbocycles. The van der Waals surface area contributed by atoms with Gasteiger partial charge in [0.2, 0.25) is 0 Å². The molecule has 8 heteroatoms. The van der Waals surface area contributed by atoms with Crippen LogP contribution >= 0.6 is 0 Å². The van der Waals surface area contributed by atoms with Gasteiger partial charge < -0.3 is 19.1 Å². The number of pyridine rings is 1. The summed E-state index contributed by atoms with van der Waals surface area (Å²) < 4.78 is 10.6. The van der Waals surface area contributed by atoms with Crippen molar-refractivity contribution in [3.8, 4) is 11.3 Å². The molecule has 1 spiro atoms. The van der Waals surface area contributed by atoms with E-state index in [1.54, 1.807) is 6.20 Å². The first kappa shape index (κ1) is 20.3. The maximum Gasteiger partial charge on any atom is 0.409 e. The molecular formula is C23H31N5O3.